The van der Waals surface area contributed by atoms with Gasteiger partial charge >= 0.3 is 0 Å². The summed E-state index contributed by atoms with van der Waals surface area (Å²) >= 11 is 5.49. The lowest BCUT2D eigenvalue weighted by Crippen LogP contribution is -2.32. The van der Waals surface area contributed by atoms with E-state index in [-0.39, 0.29) is 11.8 Å². The van der Waals surface area contributed by atoms with Gasteiger partial charge in [-0.15, -0.1) is 18.0 Å². The first kappa shape index (κ1) is 10.3. The fourth-order valence-corrected chi connectivity index (χ4v) is 0.789. The molecule has 11 heavy (non-hydrogen) atoms. The molecule has 0 aliphatic rings. The number of carbonyl (C=O) groups excluding carboxylic acids is 1. The van der Waals surface area contributed by atoms with Crippen molar-refractivity contribution in [1.29, 1.82) is 0 Å². The Balaban J connectivity index is 3.93. The zero-order valence-electron chi connectivity index (χ0n) is 6.80. The predicted octanol–water partition coefficient (Wildman–Crippen LogP) is 0.953. The Bertz CT molecular complexity index is 173. The maximum absolute atomic E-state index is 11.2. The van der Waals surface area contributed by atoms with Crippen LogP contribution in [-0.2, 0) is 4.79 Å². The number of rotatable bonds is 3. The van der Waals surface area contributed by atoms with Gasteiger partial charge in [-0.3, -0.25) is 4.79 Å². The van der Waals surface area contributed by atoms with Crippen molar-refractivity contribution in [2.75, 3.05) is 19.5 Å². The molecule has 0 N–H and O–H groups in total. The van der Waals surface area contributed by atoms with Crippen LogP contribution in [0.2, 0.25) is 0 Å². The molecule has 0 saturated carbocycles. The number of hydrogen-bond acceptors (Lipinski definition) is 1. The van der Waals surface area contributed by atoms with Gasteiger partial charge in [-0.1, -0.05) is 12.8 Å². The highest BCUT2D eigenvalue weighted by Crippen LogP contribution is 2.01. The summed E-state index contributed by atoms with van der Waals surface area (Å²) in [4.78, 5) is 12.7. The van der Waals surface area contributed by atoms with Crippen molar-refractivity contribution in [1.82, 2.24) is 4.90 Å². The summed E-state index contributed by atoms with van der Waals surface area (Å²) in [6, 6.07) is 0. The van der Waals surface area contributed by atoms with Crippen LogP contribution in [0.4, 0.5) is 0 Å². The van der Waals surface area contributed by atoms with Gasteiger partial charge in [0.05, 0.1) is 6.54 Å². The Hall–Kier alpha value is -0.680. The van der Waals surface area contributed by atoms with E-state index in [9.17, 15) is 4.79 Å². The van der Waals surface area contributed by atoms with Crippen LogP contribution >= 0.6 is 11.6 Å². The maximum Gasteiger partial charge on any atom is 0.227 e. The van der Waals surface area contributed by atoms with Crippen molar-refractivity contribution < 1.29 is 4.79 Å². The third kappa shape index (κ3) is 3.29. The minimum Gasteiger partial charge on any atom is -0.334 e. The number of halogens is 1. The summed E-state index contributed by atoms with van der Waals surface area (Å²) in [6.45, 7) is 2.13. The summed E-state index contributed by atoms with van der Waals surface area (Å²) in [5.74, 6) is 2.58. The van der Waals surface area contributed by atoms with Crippen molar-refractivity contribution in [3.8, 4) is 12.3 Å². The van der Waals surface area contributed by atoms with Crippen LogP contribution in [0.15, 0.2) is 0 Å². The highest BCUT2D eigenvalue weighted by atomic mass is 35.5. The highest BCUT2D eigenvalue weighted by Gasteiger charge is 2.14. The largest absolute Gasteiger partial charge is 0.334 e. The normalized spacial score (nSPS) is 11.8. The molecule has 0 rings (SSSR count). The first-order chi connectivity index (χ1) is 5.13. The lowest BCUT2D eigenvalue weighted by Gasteiger charge is -2.16. The number of nitrogens with zero attached hydrogens (tertiary/aromatic N) is 1. The minimum atomic E-state index is -0.144. The van der Waals surface area contributed by atoms with Crippen LogP contribution in [0.25, 0.3) is 0 Å². The fourth-order valence-electron chi connectivity index (χ4n) is 0.657. The van der Waals surface area contributed by atoms with E-state index in [0.29, 0.717) is 12.4 Å². The predicted molar refractivity (Wildman–Crippen MR) is 46.4 cm³/mol. The maximum atomic E-state index is 11.2. The first-order valence-electron chi connectivity index (χ1n) is 3.37. The van der Waals surface area contributed by atoms with E-state index >= 15 is 0 Å². The van der Waals surface area contributed by atoms with Crippen LogP contribution in [0.5, 0.6) is 0 Å². The Morgan fingerprint density at radius 3 is 2.73 bits per heavy atom. The van der Waals surface area contributed by atoms with E-state index < -0.39 is 0 Å². The molecule has 0 saturated heterocycles. The molecule has 0 spiro atoms. The van der Waals surface area contributed by atoms with Crippen molar-refractivity contribution in [3.63, 3.8) is 0 Å². The van der Waals surface area contributed by atoms with Crippen LogP contribution in [0.3, 0.4) is 0 Å². The lowest BCUT2D eigenvalue weighted by atomic mass is 10.2. The van der Waals surface area contributed by atoms with E-state index in [1.54, 1.807) is 14.0 Å². The molecule has 0 aromatic carbocycles. The molecule has 62 valence electrons. The molecule has 0 aliphatic heterocycles. The number of amides is 1. The number of carbonyl (C=O) groups is 1. The molecule has 2 nitrogen and oxygen atoms in total. The van der Waals surface area contributed by atoms with Crippen molar-refractivity contribution >= 4 is 17.5 Å². The summed E-state index contributed by atoms with van der Waals surface area (Å²) < 4.78 is 0. The molecule has 1 atom stereocenters. The third-order valence-electron chi connectivity index (χ3n) is 1.36. The van der Waals surface area contributed by atoms with Gasteiger partial charge < -0.3 is 4.90 Å². The number of hydrogen-bond donors (Lipinski definition) is 0. The van der Waals surface area contributed by atoms with E-state index in [1.165, 1.54) is 4.90 Å². The Labute approximate surface area is 72.5 Å². The van der Waals surface area contributed by atoms with Crippen molar-refractivity contribution in [2.24, 2.45) is 5.92 Å². The molecule has 0 fully saturated rings. The second-order valence-corrected chi connectivity index (χ2v) is 2.76. The SMILES string of the molecule is C#CCN(C)C(=O)C(C)CCl. The monoisotopic (exact) mass is 173 g/mol. The molecular weight excluding hydrogens is 162 g/mol. The number of terminal acetylenes is 1. The summed E-state index contributed by atoms with van der Waals surface area (Å²) in [6.07, 6.45) is 5.03. The second kappa shape index (κ2) is 5.03. The fraction of sp³-hybridized carbons (Fsp3) is 0.625. The molecule has 0 aromatic rings. The molecule has 1 amide bonds. The highest BCUT2D eigenvalue weighted by molar-refractivity contribution is 6.19. The van der Waals surface area contributed by atoms with Crippen LogP contribution in [0, 0.1) is 18.3 Å². The Kier molecular flexibility index (Phi) is 4.72. The minimum absolute atomic E-state index is 0.00190. The van der Waals surface area contributed by atoms with Gasteiger partial charge in [0.15, 0.2) is 0 Å². The number of alkyl halides is 1. The molecule has 0 aromatic heterocycles. The first-order valence-corrected chi connectivity index (χ1v) is 3.91. The van der Waals surface area contributed by atoms with Gasteiger partial charge in [-0.05, 0) is 0 Å². The second-order valence-electron chi connectivity index (χ2n) is 2.45. The smallest absolute Gasteiger partial charge is 0.227 e. The molecule has 3 heteroatoms. The van der Waals surface area contributed by atoms with Crippen LogP contribution in [0.1, 0.15) is 6.92 Å². The van der Waals surface area contributed by atoms with Crippen molar-refractivity contribution in [3.05, 3.63) is 0 Å². The van der Waals surface area contributed by atoms with Gasteiger partial charge in [0.1, 0.15) is 0 Å². The Morgan fingerprint density at radius 1 is 1.82 bits per heavy atom. The van der Waals surface area contributed by atoms with E-state index in [4.69, 9.17) is 18.0 Å². The van der Waals surface area contributed by atoms with Gasteiger partial charge in [-0.2, -0.15) is 0 Å². The van der Waals surface area contributed by atoms with E-state index in [1.807, 2.05) is 0 Å². The molecule has 1 unspecified atom stereocenters. The van der Waals surface area contributed by atoms with Gasteiger partial charge in [0.25, 0.3) is 0 Å². The molecule has 0 aliphatic carbocycles. The van der Waals surface area contributed by atoms with E-state index in [0.717, 1.165) is 0 Å². The molecular formula is C8H12ClNO. The van der Waals surface area contributed by atoms with Gasteiger partial charge in [-0.25, -0.2) is 0 Å². The van der Waals surface area contributed by atoms with Gasteiger partial charge in [0.2, 0.25) is 5.91 Å². The average Bonchev–Trinajstić information content (AvgIpc) is 2.02. The van der Waals surface area contributed by atoms with Gasteiger partial charge in [0, 0.05) is 18.8 Å². The molecule has 0 radical (unpaired) electrons. The standard InChI is InChI=1S/C8H12ClNO/c1-4-5-10(3)8(11)7(2)6-9/h1,7H,5-6H2,2-3H3. The quantitative estimate of drug-likeness (QED) is 0.460. The lowest BCUT2D eigenvalue weighted by molar-refractivity contribution is -0.132. The molecule has 0 bridgehead atoms. The summed E-state index contributed by atoms with van der Waals surface area (Å²) in [7, 11) is 1.67. The third-order valence-corrected chi connectivity index (χ3v) is 1.82. The summed E-state index contributed by atoms with van der Waals surface area (Å²) in [5.41, 5.74) is 0. The van der Waals surface area contributed by atoms with Crippen LogP contribution in [-0.4, -0.2) is 30.3 Å². The molecule has 0 heterocycles. The zero-order valence-corrected chi connectivity index (χ0v) is 7.56. The van der Waals surface area contributed by atoms with Crippen LogP contribution < -0.4 is 0 Å². The van der Waals surface area contributed by atoms with Crippen molar-refractivity contribution in [2.45, 2.75) is 6.92 Å². The Morgan fingerprint density at radius 2 is 2.36 bits per heavy atom. The average molecular weight is 174 g/mol. The zero-order chi connectivity index (χ0) is 8.85. The summed E-state index contributed by atoms with van der Waals surface area (Å²) in [5, 5.41) is 0. The topological polar surface area (TPSA) is 20.3 Å². The van der Waals surface area contributed by atoms with E-state index in [2.05, 4.69) is 5.92 Å².